The summed E-state index contributed by atoms with van der Waals surface area (Å²) in [5.41, 5.74) is 0.692. The Hall–Kier alpha value is -5.56. The molecule has 0 radical (unpaired) electrons. The van der Waals surface area contributed by atoms with E-state index < -0.39 is 30.0 Å². The zero-order chi connectivity index (χ0) is 61.0. The van der Waals surface area contributed by atoms with Gasteiger partial charge in [-0.1, -0.05) is 96.8 Å². The van der Waals surface area contributed by atoms with Crippen molar-refractivity contribution in [2.75, 3.05) is 86.1 Å². The number of H-pyrrole nitrogens is 1. The number of imidazole rings is 1. The standard InChI is InChI=1S/C40H72N4O10.C19H32N4O6/c1-41-37(47)31-54-29-28-53-27-26-42-36(46)25-24-34(40(51)52)44-39(50)33-22-20-32(21-23-33)30-43-35(45)18-16-14-12-10-8-6-4-2-3-5-7-9-11-13-15-17-19-38(48)49;1-2-7-28-8-9-29-13-18(25)21-6-4-3-5-17(19(26)27)22-12-16(24)10-15-11-20-14-23-15/h32-34H,2-31H2,1H3,(H,41,47)(H,42,46)(H,43,45)(H,44,50)(H,48,49)(H,51,52);11,14,17,22H,2-10,12-13H2,1H3,(H,20,23)(H,21,25)(H,26,27)/t32?,33?,34-;17-/m00/s1. The van der Waals surface area contributed by atoms with Crippen molar-refractivity contribution in [3.8, 4) is 0 Å². The number of carboxylic acid groups (broad SMARTS) is 3. The van der Waals surface area contributed by atoms with E-state index in [0.717, 1.165) is 57.8 Å². The zero-order valence-electron chi connectivity index (χ0n) is 50.1. The smallest absolute Gasteiger partial charge is 0.326 e. The van der Waals surface area contributed by atoms with Crippen LogP contribution in [0.25, 0.3) is 0 Å². The number of ether oxygens (including phenoxy) is 4. The average Bonchev–Trinajstić information content (AvgIpc) is 3.98. The minimum atomic E-state index is -1.18. The molecule has 0 unspecified atom stereocenters. The maximum absolute atomic E-state index is 12.8. The van der Waals surface area contributed by atoms with Crippen LogP contribution < -0.4 is 31.9 Å². The number of hydrogen-bond donors (Lipinski definition) is 10. The first kappa shape index (κ1) is 75.5. The van der Waals surface area contributed by atoms with Crippen molar-refractivity contribution >= 4 is 53.2 Å². The van der Waals surface area contributed by atoms with Gasteiger partial charge < -0.3 is 65.8 Å². The number of likely N-dealkylation sites (N-methyl/N-ethyl adjacent to an activating group) is 1. The first-order valence-corrected chi connectivity index (χ1v) is 30.7. The summed E-state index contributed by atoms with van der Waals surface area (Å²) in [5, 5.41) is 43.8. The minimum absolute atomic E-state index is 0.0206. The number of carbonyl (C=O) groups excluding carboxylic acids is 6. The van der Waals surface area contributed by atoms with E-state index in [9.17, 15) is 53.4 Å². The maximum atomic E-state index is 12.8. The van der Waals surface area contributed by atoms with Gasteiger partial charge in [-0.15, -0.1) is 0 Å². The summed E-state index contributed by atoms with van der Waals surface area (Å²) < 4.78 is 20.9. The molecule has 0 saturated heterocycles. The fourth-order valence-corrected chi connectivity index (χ4v) is 9.13. The van der Waals surface area contributed by atoms with E-state index in [4.69, 9.17) is 24.1 Å². The topological polar surface area (TPSA) is 352 Å². The predicted octanol–water partition coefficient (Wildman–Crippen LogP) is 5.55. The Kier molecular flexibility index (Phi) is 47.3. The Morgan fingerprint density at radius 2 is 1.10 bits per heavy atom. The highest BCUT2D eigenvalue weighted by atomic mass is 16.5. The first-order valence-electron chi connectivity index (χ1n) is 30.7. The van der Waals surface area contributed by atoms with E-state index in [1.165, 1.54) is 77.6 Å². The largest absolute Gasteiger partial charge is 0.481 e. The number of Topliss-reactive ketones (excluding diaryl/α,β-unsaturated/α-hetero) is 1. The van der Waals surface area contributed by atoms with Gasteiger partial charge in [0.05, 0.1) is 45.9 Å². The summed E-state index contributed by atoms with van der Waals surface area (Å²) in [5.74, 6) is -3.96. The molecule has 0 aromatic carbocycles. The number of aromatic amines is 1. The minimum Gasteiger partial charge on any atom is -0.481 e. The van der Waals surface area contributed by atoms with Gasteiger partial charge in [0, 0.05) is 76.8 Å². The van der Waals surface area contributed by atoms with E-state index in [1.807, 2.05) is 6.92 Å². The average molecular weight is 1180 g/mol. The highest BCUT2D eigenvalue weighted by Gasteiger charge is 2.30. The Morgan fingerprint density at radius 1 is 0.566 bits per heavy atom. The molecule has 10 N–H and O–H groups in total. The van der Waals surface area contributed by atoms with Crippen LogP contribution in [-0.4, -0.2) is 177 Å². The van der Waals surface area contributed by atoms with Crippen LogP contribution in [0.5, 0.6) is 0 Å². The summed E-state index contributed by atoms with van der Waals surface area (Å²) >= 11 is 0. The van der Waals surface area contributed by atoms with E-state index in [-0.39, 0.29) is 107 Å². The van der Waals surface area contributed by atoms with Gasteiger partial charge in [0.15, 0.2) is 5.78 Å². The number of nitrogens with zero attached hydrogens (tertiary/aromatic N) is 1. The number of nitrogens with one attached hydrogen (secondary N) is 7. The van der Waals surface area contributed by atoms with Gasteiger partial charge in [-0.25, -0.2) is 9.78 Å². The molecule has 2 atom stereocenters. The molecule has 1 fully saturated rings. The fraction of sp³-hybridized carbons (Fsp3) is 0.797. The molecule has 1 aromatic heterocycles. The van der Waals surface area contributed by atoms with E-state index >= 15 is 0 Å². The molecule has 0 aliphatic heterocycles. The van der Waals surface area contributed by atoms with Crippen LogP contribution in [0.1, 0.15) is 192 Å². The Bertz CT molecular complexity index is 1900. The molecule has 24 heteroatoms. The lowest BCUT2D eigenvalue weighted by molar-refractivity contribution is -0.143. The molecule has 1 aliphatic carbocycles. The summed E-state index contributed by atoms with van der Waals surface area (Å²) in [4.78, 5) is 112. The van der Waals surface area contributed by atoms with Crippen molar-refractivity contribution in [3.63, 3.8) is 0 Å². The molecule has 5 amide bonds. The lowest BCUT2D eigenvalue weighted by Crippen LogP contribution is -2.45. The molecule has 1 saturated carbocycles. The molecule has 2 rings (SSSR count). The van der Waals surface area contributed by atoms with E-state index in [0.29, 0.717) is 89.5 Å². The van der Waals surface area contributed by atoms with Gasteiger partial charge in [-0.3, -0.25) is 43.7 Å². The highest BCUT2D eigenvalue weighted by Crippen LogP contribution is 2.29. The third-order valence-corrected chi connectivity index (χ3v) is 14.1. The molecule has 83 heavy (non-hydrogen) atoms. The molecule has 1 heterocycles. The SMILES string of the molecule is CCCOCCOCC(=O)NCCCC[C@H](NCC(=O)Cc1cnc[nH]1)C(=O)O.CNC(=O)COCCOCCNC(=O)CC[C@H](NC(=O)C1CCC(CNC(=O)CCCCCCCCCCCCCCCCCCC(=O)O)CC1)C(=O)O. The van der Waals surface area contributed by atoms with E-state index in [1.54, 1.807) is 6.20 Å². The lowest BCUT2D eigenvalue weighted by Gasteiger charge is -2.28. The van der Waals surface area contributed by atoms with Gasteiger partial charge in [0.25, 0.3) is 0 Å². The number of carbonyl (C=O) groups is 9. The monoisotopic (exact) mass is 1180 g/mol. The number of hydrogen-bond acceptors (Lipinski definition) is 15. The molecule has 0 spiro atoms. The molecule has 476 valence electrons. The number of ketones is 1. The van der Waals surface area contributed by atoms with Gasteiger partial charge in [0.1, 0.15) is 25.3 Å². The van der Waals surface area contributed by atoms with Crippen LogP contribution in [0.2, 0.25) is 0 Å². The number of rotatable bonds is 53. The zero-order valence-corrected chi connectivity index (χ0v) is 50.1. The Labute approximate surface area is 492 Å². The predicted molar refractivity (Wildman–Crippen MR) is 312 cm³/mol. The fourth-order valence-electron chi connectivity index (χ4n) is 9.13. The van der Waals surface area contributed by atoms with Crippen molar-refractivity contribution < 1.29 is 77.4 Å². The third kappa shape index (κ3) is 45.5. The molecule has 1 aromatic rings. The van der Waals surface area contributed by atoms with E-state index in [2.05, 4.69) is 41.9 Å². The summed E-state index contributed by atoms with van der Waals surface area (Å²) in [6, 6.07) is -1.95. The Morgan fingerprint density at radius 3 is 1.64 bits per heavy atom. The summed E-state index contributed by atoms with van der Waals surface area (Å²) in [6.45, 7) is 5.49. The Balaban J connectivity index is 0.000000996. The third-order valence-electron chi connectivity index (χ3n) is 14.1. The number of carboxylic acids is 3. The summed E-state index contributed by atoms with van der Waals surface area (Å²) in [7, 11) is 1.52. The molecule has 24 nitrogen and oxygen atoms in total. The highest BCUT2D eigenvalue weighted by molar-refractivity contribution is 5.86. The molecular weight excluding hydrogens is 1080 g/mol. The van der Waals surface area contributed by atoms with Gasteiger partial charge in [0.2, 0.25) is 29.5 Å². The second kappa shape index (κ2) is 52.0. The van der Waals surface area contributed by atoms with Crippen LogP contribution in [0.4, 0.5) is 0 Å². The van der Waals surface area contributed by atoms with Crippen molar-refractivity contribution in [2.24, 2.45) is 11.8 Å². The van der Waals surface area contributed by atoms with Gasteiger partial charge in [-0.05, 0) is 76.5 Å². The number of unbranched alkanes of at least 4 members (excludes halogenated alkanes) is 16. The van der Waals surface area contributed by atoms with Crippen LogP contribution in [0.3, 0.4) is 0 Å². The first-order chi connectivity index (χ1) is 40.1. The second-order valence-corrected chi connectivity index (χ2v) is 21.3. The molecule has 0 bridgehead atoms. The second-order valence-electron chi connectivity index (χ2n) is 21.3. The van der Waals surface area contributed by atoms with Crippen LogP contribution in [0, 0.1) is 11.8 Å². The lowest BCUT2D eigenvalue weighted by atomic mass is 9.81. The maximum Gasteiger partial charge on any atom is 0.326 e. The molecular formula is C59H104N8O16. The summed E-state index contributed by atoms with van der Waals surface area (Å²) in [6.07, 6.45) is 28.3. The van der Waals surface area contributed by atoms with Gasteiger partial charge >= 0.3 is 17.9 Å². The van der Waals surface area contributed by atoms with Crippen molar-refractivity contribution in [1.29, 1.82) is 0 Å². The number of aliphatic carboxylic acids is 3. The molecule has 1 aliphatic rings. The number of amides is 5. The van der Waals surface area contributed by atoms with Crippen LogP contribution in [0.15, 0.2) is 12.5 Å². The van der Waals surface area contributed by atoms with Crippen LogP contribution >= 0.6 is 0 Å². The van der Waals surface area contributed by atoms with Gasteiger partial charge in [-0.2, -0.15) is 0 Å². The number of aromatic nitrogens is 2. The van der Waals surface area contributed by atoms with Crippen molar-refractivity contribution in [1.82, 2.24) is 41.9 Å². The van der Waals surface area contributed by atoms with Crippen LogP contribution in [-0.2, 0) is 68.5 Å². The van der Waals surface area contributed by atoms with Crippen molar-refractivity contribution in [3.05, 3.63) is 18.2 Å². The normalized spacial score (nSPS) is 14.5. The van der Waals surface area contributed by atoms with Crippen molar-refractivity contribution in [2.45, 2.75) is 205 Å². The quantitative estimate of drug-likeness (QED) is 0.0357.